The fraction of sp³-hybridized carbons (Fsp3) is 0.300. The summed E-state index contributed by atoms with van der Waals surface area (Å²) in [6.45, 7) is 5.26. The van der Waals surface area contributed by atoms with E-state index in [1.165, 1.54) is 38.9 Å². The van der Waals surface area contributed by atoms with Gasteiger partial charge in [0.2, 0.25) is 0 Å². The third-order valence-corrected chi connectivity index (χ3v) is 4.86. The van der Waals surface area contributed by atoms with Crippen molar-refractivity contribution in [3.05, 3.63) is 64.3 Å². The van der Waals surface area contributed by atoms with Gasteiger partial charge < -0.3 is 15.0 Å². The zero-order valence-corrected chi connectivity index (χ0v) is 13.9. The Morgan fingerprint density at radius 3 is 2.74 bits per heavy atom. The van der Waals surface area contributed by atoms with Gasteiger partial charge in [-0.05, 0) is 55.2 Å². The number of H-pyrrole nitrogens is 1. The summed E-state index contributed by atoms with van der Waals surface area (Å²) in [5, 5.41) is 5.03. The molecule has 1 atom stereocenters. The second-order valence-electron chi connectivity index (χ2n) is 6.43. The maximum absolute atomic E-state index is 5.39. The first-order chi connectivity index (χ1) is 11.2. The summed E-state index contributed by atoms with van der Waals surface area (Å²) in [6.07, 6.45) is 1.07. The summed E-state index contributed by atoms with van der Waals surface area (Å²) in [5.41, 5.74) is 7.77. The Balaban J connectivity index is 1.84. The van der Waals surface area contributed by atoms with Crippen molar-refractivity contribution in [3.8, 4) is 5.75 Å². The SMILES string of the molecule is COc1ccc(C2NCCc3c2[nH]c2ccc(C)cc32)cc1C. The van der Waals surface area contributed by atoms with Crippen LogP contribution in [0.1, 0.15) is 34.0 Å². The average molecular weight is 306 g/mol. The lowest BCUT2D eigenvalue weighted by atomic mass is 9.93. The summed E-state index contributed by atoms with van der Waals surface area (Å²) in [7, 11) is 1.72. The molecule has 1 aliphatic heterocycles. The molecule has 1 unspecified atom stereocenters. The zero-order chi connectivity index (χ0) is 16.0. The Hall–Kier alpha value is -2.26. The quantitative estimate of drug-likeness (QED) is 0.750. The standard InChI is InChI=1S/C20H22N2O/c1-12-4-6-17-16(10-12)15-8-9-21-19(20(15)22-17)14-5-7-18(23-3)13(2)11-14/h4-7,10-11,19,21-22H,8-9H2,1-3H3. The fourth-order valence-electron chi connectivity index (χ4n) is 3.71. The van der Waals surface area contributed by atoms with E-state index in [0.717, 1.165) is 18.7 Å². The van der Waals surface area contributed by atoms with Gasteiger partial charge in [0, 0.05) is 23.1 Å². The minimum absolute atomic E-state index is 0.219. The van der Waals surface area contributed by atoms with Gasteiger partial charge in [0.05, 0.1) is 13.2 Å². The van der Waals surface area contributed by atoms with Gasteiger partial charge in [-0.3, -0.25) is 0 Å². The molecule has 0 aliphatic carbocycles. The molecule has 2 heterocycles. The molecule has 1 aliphatic rings. The number of aromatic amines is 1. The lowest BCUT2D eigenvalue weighted by molar-refractivity contribution is 0.411. The van der Waals surface area contributed by atoms with Crippen LogP contribution in [0.3, 0.4) is 0 Å². The molecular weight excluding hydrogens is 284 g/mol. The lowest BCUT2D eigenvalue weighted by Gasteiger charge is -2.25. The van der Waals surface area contributed by atoms with E-state index in [4.69, 9.17) is 4.74 Å². The van der Waals surface area contributed by atoms with Crippen LogP contribution in [-0.4, -0.2) is 18.6 Å². The number of aromatic nitrogens is 1. The smallest absolute Gasteiger partial charge is 0.121 e. The Labute approximate surface area is 136 Å². The van der Waals surface area contributed by atoms with E-state index >= 15 is 0 Å². The highest BCUT2D eigenvalue weighted by Gasteiger charge is 2.25. The first kappa shape index (κ1) is 14.3. The summed E-state index contributed by atoms with van der Waals surface area (Å²) in [4.78, 5) is 3.65. The molecule has 0 saturated carbocycles. The van der Waals surface area contributed by atoms with Crippen LogP contribution < -0.4 is 10.1 Å². The highest BCUT2D eigenvalue weighted by molar-refractivity contribution is 5.86. The molecule has 0 amide bonds. The number of nitrogens with one attached hydrogen (secondary N) is 2. The molecule has 23 heavy (non-hydrogen) atoms. The van der Waals surface area contributed by atoms with Crippen molar-refractivity contribution in [1.82, 2.24) is 10.3 Å². The van der Waals surface area contributed by atoms with Crippen LogP contribution in [0.5, 0.6) is 5.75 Å². The van der Waals surface area contributed by atoms with E-state index in [-0.39, 0.29) is 6.04 Å². The topological polar surface area (TPSA) is 37.0 Å². The minimum Gasteiger partial charge on any atom is -0.496 e. The van der Waals surface area contributed by atoms with Gasteiger partial charge in [0.25, 0.3) is 0 Å². The van der Waals surface area contributed by atoms with E-state index in [1.807, 2.05) is 0 Å². The Morgan fingerprint density at radius 2 is 1.96 bits per heavy atom. The Morgan fingerprint density at radius 1 is 1.09 bits per heavy atom. The first-order valence-corrected chi connectivity index (χ1v) is 8.16. The molecule has 0 saturated heterocycles. The number of fused-ring (bicyclic) bond motifs is 3. The lowest BCUT2D eigenvalue weighted by Crippen LogP contribution is -2.30. The maximum atomic E-state index is 5.39. The largest absolute Gasteiger partial charge is 0.496 e. The van der Waals surface area contributed by atoms with E-state index in [9.17, 15) is 0 Å². The normalized spacial score (nSPS) is 17.3. The molecule has 3 aromatic rings. The number of ether oxygens (including phenoxy) is 1. The number of benzene rings is 2. The molecule has 0 spiro atoms. The predicted octanol–water partition coefficient (Wildman–Crippen LogP) is 4.03. The molecule has 0 radical (unpaired) electrons. The van der Waals surface area contributed by atoms with Crippen molar-refractivity contribution in [1.29, 1.82) is 0 Å². The summed E-state index contributed by atoms with van der Waals surface area (Å²) in [5.74, 6) is 0.942. The predicted molar refractivity (Wildman–Crippen MR) is 94.3 cm³/mol. The van der Waals surface area contributed by atoms with Crippen LogP contribution in [0.25, 0.3) is 10.9 Å². The van der Waals surface area contributed by atoms with Gasteiger partial charge >= 0.3 is 0 Å². The second-order valence-corrected chi connectivity index (χ2v) is 6.43. The van der Waals surface area contributed by atoms with Crippen molar-refractivity contribution < 1.29 is 4.74 Å². The van der Waals surface area contributed by atoms with E-state index < -0.39 is 0 Å². The molecule has 2 aromatic carbocycles. The summed E-state index contributed by atoms with van der Waals surface area (Å²) >= 11 is 0. The summed E-state index contributed by atoms with van der Waals surface area (Å²) < 4.78 is 5.39. The Kier molecular flexibility index (Phi) is 3.38. The molecule has 3 nitrogen and oxygen atoms in total. The number of hydrogen-bond acceptors (Lipinski definition) is 2. The van der Waals surface area contributed by atoms with Crippen LogP contribution in [-0.2, 0) is 6.42 Å². The van der Waals surface area contributed by atoms with Gasteiger partial charge in [-0.25, -0.2) is 0 Å². The van der Waals surface area contributed by atoms with Gasteiger partial charge in [0.1, 0.15) is 5.75 Å². The maximum Gasteiger partial charge on any atom is 0.121 e. The molecule has 118 valence electrons. The van der Waals surface area contributed by atoms with Crippen molar-refractivity contribution in [2.45, 2.75) is 26.3 Å². The number of rotatable bonds is 2. The van der Waals surface area contributed by atoms with Crippen molar-refractivity contribution in [2.24, 2.45) is 0 Å². The van der Waals surface area contributed by atoms with Crippen LogP contribution >= 0.6 is 0 Å². The van der Waals surface area contributed by atoms with E-state index in [2.05, 4.69) is 60.5 Å². The molecule has 0 bridgehead atoms. The van der Waals surface area contributed by atoms with Gasteiger partial charge in [-0.2, -0.15) is 0 Å². The zero-order valence-electron chi connectivity index (χ0n) is 13.9. The molecule has 4 rings (SSSR count). The van der Waals surface area contributed by atoms with Gasteiger partial charge in [-0.15, -0.1) is 0 Å². The number of aryl methyl sites for hydroxylation is 2. The summed E-state index contributed by atoms with van der Waals surface area (Å²) in [6, 6.07) is 13.3. The highest BCUT2D eigenvalue weighted by Crippen LogP contribution is 2.35. The van der Waals surface area contributed by atoms with Crippen LogP contribution in [0.4, 0.5) is 0 Å². The van der Waals surface area contributed by atoms with Crippen LogP contribution in [0.2, 0.25) is 0 Å². The average Bonchev–Trinajstić information content (AvgIpc) is 2.92. The molecule has 3 heteroatoms. The van der Waals surface area contributed by atoms with Crippen molar-refractivity contribution >= 4 is 10.9 Å². The number of hydrogen-bond donors (Lipinski definition) is 2. The van der Waals surface area contributed by atoms with Gasteiger partial charge in [-0.1, -0.05) is 23.8 Å². The van der Waals surface area contributed by atoms with E-state index in [1.54, 1.807) is 7.11 Å². The first-order valence-electron chi connectivity index (χ1n) is 8.16. The monoisotopic (exact) mass is 306 g/mol. The van der Waals surface area contributed by atoms with Crippen LogP contribution in [0.15, 0.2) is 36.4 Å². The molecule has 1 aromatic heterocycles. The highest BCUT2D eigenvalue weighted by atomic mass is 16.5. The van der Waals surface area contributed by atoms with Crippen LogP contribution in [0, 0.1) is 13.8 Å². The number of methoxy groups -OCH3 is 1. The Bertz CT molecular complexity index is 879. The fourth-order valence-corrected chi connectivity index (χ4v) is 3.71. The molecule has 0 fully saturated rings. The minimum atomic E-state index is 0.219. The van der Waals surface area contributed by atoms with Crippen molar-refractivity contribution in [3.63, 3.8) is 0 Å². The molecule has 2 N–H and O–H groups in total. The third-order valence-electron chi connectivity index (χ3n) is 4.86. The molecular formula is C20H22N2O. The third kappa shape index (κ3) is 2.32. The second kappa shape index (κ2) is 5.43. The van der Waals surface area contributed by atoms with Gasteiger partial charge in [0.15, 0.2) is 0 Å². The van der Waals surface area contributed by atoms with Crippen molar-refractivity contribution in [2.75, 3.05) is 13.7 Å². The van der Waals surface area contributed by atoms with E-state index in [0.29, 0.717) is 0 Å².